The van der Waals surface area contributed by atoms with Crippen molar-refractivity contribution in [2.45, 2.75) is 0 Å². The maximum atomic E-state index is 10.6. The number of halogens is 1. The van der Waals surface area contributed by atoms with Gasteiger partial charge in [0.2, 0.25) is 0 Å². The Bertz CT molecular complexity index is 375. The second-order valence-corrected chi connectivity index (χ2v) is 5.43. The van der Waals surface area contributed by atoms with Crippen LogP contribution < -0.4 is 4.90 Å². The third-order valence-corrected chi connectivity index (χ3v) is 3.89. The lowest BCUT2D eigenvalue weighted by Gasteiger charge is -2.34. The molecule has 1 aliphatic heterocycles. The Morgan fingerprint density at radius 2 is 2.06 bits per heavy atom. The minimum atomic E-state index is -0.757. The number of nitrogens with zero attached hydrogens (tertiary/aromatic N) is 2. The van der Waals surface area contributed by atoms with Crippen molar-refractivity contribution >= 4 is 33.9 Å². The number of aliphatic carboxylic acids is 1. The fourth-order valence-electron chi connectivity index (χ4n) is 1.79. The fourth-order valence-corrected chi connectivity index (χ4v) is 2.88. The molecule has 4 nitrogen and oxygen atoms in total. The van der Waals surface area contributed by atoms with Crippen LogP contribution in [0.15, 0.2) is 12.1 Å². The van der Waals surface area contributed by atoms with Crippen LogP contribution in [-0.2, 0) is 4.79 Å². The Morgan fingerprint density at radius 1 is 1.38 bits per heavy atom. The molecular weight excluding hydrogens is 248 g/mol. The summed E-state index contributed by atoms with van der Waals surface area (Å²) in [5.41, 5.74) is 0. The quantitative estimate of drug-likeness (QED) is 0.897. The van der Waals surface area contributed by atoms with Gasteiger partial charge in [0.25, 0.3) is 0 Å². The molecule has 1 fully saturated rings. The molecule has 1 N–H and O–H groups in total. The Balaban J connectivity index is 1.87. The topological polar surface area (TPSA) is 43.8 Å². The van der Waals surface area contributed by atoms with Crippen molar-refractivity contribution < 1.29 is 9.90 Å². The lowest BCUT2D eigenvalue weighted by Crippen LogP contribution is -2.47. The van der Waals surface area contributed by atoms with Crippen LogP contribution >= 0.6 is 22.9 Å². The summed E-state index contributed by atoms with van der Waals surface area (Å²) in [6, 6.07) is 3.91. The van der Waals surface area contributed by atoms with Crippen LogP contribution in [0.25, 0.3) is 0 Å². The van der Waals surface area contributed by atoms with Crippen LogP contribution in [-0.4, -0.2) is 48.7 Å². The molecular formula is C10H13ClN2O2S. The van der Waals surface area contributed by atoms with Gasteiger partial charge < -0.3 is 10.0 Å². The number of anilines is 1. The summed E-state index contributed by atoms with van der Waals surface area (Å²) in [6.07, 6.45) is 0. The van der Waals surface area contributed by atoms with Gasteiger partial charge in [0.05, 0.1) is 15.9 Å². The van der Waals surface area contributed by atoms with Crippen LogP contribution in [0.4, 0.5) is 5.00 Å². The molecule has 0 amide bonds. The summed E-state index contributed by atoms with van der Waals surface area (Å²) in [7, 11) is 0. The number of hydrogen-bond donors (Lipinski definition) is 1. The first-order valence-electron chi connectivity index (χ1n) is 5.09. The summed E-state index contributed by atoms with van der Waals surface area (Å²) < 4.78 is 0.794. The summed E-state index contributed by atoms with van der Waals surface area (Å²) in [6.45, 7) is 3.46. The summed E-state index contributed by atoms with van der Waals surface area (Å²) >= 11 is 7.45. The minimum Gasteiger partial charge on any atom is -0.480 e. The first kappa shape index (κ1) is 11.7. The van der Waals surface area contributed by atoms with E-state index in [4.69, 9.17) is 16.7 Å². The molecule has 0 saturated carbocycles. The lowest BCUT2D eigenvalue weighted by atomic mass is 10.3. The van der Waals surface area contributed by atoms with Gasteiger partial charge in [-0.2, -0.15) is 0 Å². The molecule has 1 aromatic heterocycles. The highest BCUT2D eigenvalue weighted by atomic mass is 35.5. The van der Waals surface area contributed by atoms with E-state index in [0.29, 0.717) is 0 Å². The molecule has 0 bridgehead atoms. The monoisotopic (exact) mass is 260 g/mol. The molecule has 1 aromatic rings. The number of carboxylic acids is 1. The SMILES string of the molecule is O=C(O)CN1CCN(c2ccc(Cl)s2)CC1. The Labute approximate surface area is 103 Å². The molecule has 0 unspecified atom stereocenters. The molecule has 1 saturated heterocycles. The number of piperazine rings is 1. The summed E-state index contributed by atoms with van der Waals surface area (Å²) in [5, 5.41) is 9.85. The van der Waals surface area contributed by atoms with Crippen molar-refractivity contribution in [2.75, 3.05) is 37.6 Å². The minimum absolute atomic E-state index is 0.138. The average Bonchev–Trinajstić information content (AvgIpc) is 2.65. The van der Waals surface area contributed by atoms with Gasteiger partial charge in [0.15, 0.2) is 0 Å². The normalized spacial score (nSPS) is 17.7. The van der Waals surface area contributed by atoms with Crippen molar-refractivity contribution in [1.29, 1.82) is 0 Å². The van der Waals surface area contributed by atoms with E-state index in [1.54, 1.807) is 11.3 Å². The third kappa shape index (κ3) is 2.87. The highest BCUT2D eigenvalue weighted by molar-refractivity contribution is 7.19. The van der Waals surface area contributed by atoms with E-state index < -0.39 is 5.97 Å². The molecule has 6 heteroatoms. The second-order valence-electron chi connectivity index (χ2n) is 3.73. The van der Waals surface area contributed by atoms with Gasteiger partial charge in [-0.15, -0.1) is 11.3 Å². The number of rotatable bonds is 3. The van der Waals surface area contributed by atoms with Gasteiger partial charge in [-0.05, 0) is 12.1 Å². The maximum Gasteiger partial charge on any atom is 0.317 e. The van der Waals surface area contributed by atoms with E-state index in [1.807, 2.05) is 17.0 Å². The molecule has 0 radical (unpaired) electrons. The number of carboxylic acid groups (broad SMARTS) is 1. The number of hydrogen-bond acceptors (Lipinski definition) is 4. The van der Waals surface area contributed by atoms with Crippen molar-refractivity contribution in [3.63, 3.8) is 0 Å². The molecule has 0 atom stereocenters. The van der Waals surface area contributed by atoms with E-state index in [-0.39, 0.29) is 6.54 Å². The van der Waals surface area contributed by atoms with Gasteiger partial charge in [0, 0.05) is 26.2 Å². The average molecular weight is 261 g/mol. The first-order valence-corrected chi connectivity index (χ1v) is 6.29. The molecule has 88 valence electrons. The Hall–Kier alpha value is -0.780. The summed E-state index contributed by atoms with van der Waals surface area (Å²) in [4.78, 5) is 14.7. The van der Waals surface area contributed by atoms with Crippen molar-refractivity contribution in [1.82, 2.24) is 4.90 Å². The van der Waals surface area contributed by atoms with E-state index in [1.165, 1.54) is 5.00 Å². The Morgan fingerprint density at radius 3 is 2.56 bits per heavy atom. The lowest BCUT2D eigenvalue weighted by molar-refractivity contribution is -0.138. The van der Waals surface area contributed by atoms with Crippen LogP contribution in [0, 0.1) is 0 Å². The molecule has 1 aliphatic rings. The van der Waals surface area contributed by atoms with Gasteiger partial charge in [-0.1, -0.05) is 11.6 Å². The van der Waals surface area contributed by atoms with Gasteiger partial charge in [0.1, 0.15) is 0 Å². The zero-order chi connectivity index (χ0) is 11.5. The molecule has 16 heavy (non-hydrogen) atoms. The molecule has 0 aromatic carbocycles. The smallest absolute Gasteiger partial charge is 0.317 e. The van der Waals surface area contributed by atoms with Crippen LogP contribution in [0.1, 0.15) is 0 Å². The zero-order valence-corrected chi connectivity index (χ0v) is 10.3. The predicted octanol–water partition coefficient (Wildman–Crippen LogP) is 1.61. The molecule has 2 heterocycles. The number of carbonyl (C=O) groups is 1. The van der Waals surface area contributed by atoms with E-state index in [0.717, 1.165) is 30.5 Å². The van der Waals surface area contributed by atoms with E-state index in [9.17, 15) is 4.79 Å². The van der Waals surface area contributed by atoms with Gasteiger partial charge in [-0.25, -0.2) is 0 Å². The van der Waals surface area contributed by atoms with Gasteiger partial charge >= 0.3 is 5.97 Å². The van der Waals surface area contributed by atoms with E-state index in [2.05, 4.69) is 4.90 Å². The predicted molar refractivity (Wildman–Crippen MR) is 65.6 cm³/mol. The zero-order valence-electron chi connectivity index (χ0n) is 8.73. The van der Waals surface area contributed by atoms with Gasteiger partial charge in [-0.3, -0.25) is 9.69 Å². The second kappa shape index (κ2) is 5.03. The van der Waals surface area contributed by atoms with E-state index >= 15 is 0 Å². The first-order chi connectivity index (χ1) is 7.65. The molecule has 0 spiro atoms. The standard InChI is InChI=1S/C10H13ClN2O2S/c11-8-1-2-9(16-8)13-5-3-12(4-6-13)7-10(14)15/h1-2H,3-7H2,(H,14,15). The van der Waals surface area contributed by atoms with Crippen molar-refractivity contribution in [3.8, 4) is 0 Å². The largest absolute Gasteiger partial charge is 0.480 e. The van der Waals surface area contributed by atoms with Crippen LogP contribution in [0.3, 0.4) is 0 Å². The van der Waals surface area contributed by atoms with Crippen molar-refractivity contribution in [3.05, 3.63) is 16.5 Å². The van der Waals surface area contributed by atoms with Crippen molar-refractivity contribution in [2.24, 2.45) is 0 Å². The van der Waals surface area contributed by atoms with Crippen LogP contribution in [0.5, 0.6) is 0 Å². The van der Waals surface area contributed by atoms with Crippen LogP contribution in [0.2, 0.25) is 4.34 Å². The molecule has 0 aliphatic carbocycles. The maximum absolute atomic E-state index is 10.6. The number of thiophene rings is 1. The summed E-state index contributed by atoms with van der Waals surface area (Å²) in [5.74, 6) is -0.757. The Kier molecular flexibility index (Phi) is 3.68. The highest BCUT2D eigenvalue weighted by Gasteiger charge is 2.19. The highest BCUT2D eigenvalue weighted by Crippen LogP contribution is 2.29. The fraction of sp³-hybridized carbons (Fsp3) is 0.500. The third-order valence-electron chi connectivity index (χ3n) is 2.60. The molecule has 2 rings (SSSR count).